The van der Waals surface area contributed by atoms with Gasteiger partial charge in [-0.3, -0.25) is 4.99 Å². The number of rotatable bonds is 9. The number of aliphatic imine (C=N–C) groups is 1. The van der Waals surface area contributed by atoms with Crippen molar-refractivity contribution in [3.8, 4) is 5.75 Å². The van der Waals surface area contributed by atoms with Crippen LogP contribution in [0, 0.1) is 0 Å². The predicted octanol–water partition coefficient (Wildman–Crippen LogP) is 2.04. The molecule has 2 aromatic rings. The maximum atomic E-state index is 5.67. The molecule has 0 aliphatic heterocycles. The Balaban J connectivity index is 1.70. The number of benzene rings is 1. The van der Waals surface area contributed by atoms with E-state index in [1.807, 2.05) is 26.0 Å². The molecule has 1 heterocycles. The van der Waals surface area contributed by atoms with Crippen LogP contribution in [0.2, 0.25) is 0 Å². The summed E-state index contributed by atoms with van der Waals surface area (Å²) in [5, 5.41) is 14.7. The Labute approximate surface area is 155 Å². The average Bonchev–Trinajstić information content (AvgIpc) is 3.09. The van der Waals surface area contributed by atoms with E-state index in [1.54, 1.807) is 13.4 Å². The molecular formula is C19H30N6O. The van der Waals surface area contributed by atoms with Crippen molar-refractivity contribution in [2.75, 3.05) is 20.1 Å². The van der Waals surface area contributed by atoms with Gasteiger partial charge in [-0.1, -0.05) is 19.1 Å². The molecule has 2 rings (SSSR count). The fraction of sp³-hybridized carbons (Fsp3) is 0.526. The number of hydrogen-bond donors (Lipinski definition) is 2. The van der Waals surface area contributed by atoms with Crippen molar-refractivity contribution in [2.45, 2.75) is 46.3 Å². The Morgan fingerprint density at radius 2 is 1.92 bits per heavy atom. The molecule has 2 N–H and O–H groups in total. The molecule has 0 fully saturated rings. The van der Waals surface area contributed by atoms with Gasteiger partial charge in [-0.25, -0.2) is 0 Å². The number of nitrogens with one attached hydrogen (secondary N) is 2. The number of aryl methyl sites for hydroxylation is 1. The van der Waals surface area contributed by atoms with Crippen molar-refractivity contribution in [2.24, 2.45) is 4.99 Å². The van der Waals surface area contributed by atoms with E-state index in [1.165, 1.54) is 5.56 Å². The molecule has 1 aromatic carbocycles. The second kappa shape index (κ2) is 10.4. The van der Waals surface area contributed by atoms with Crippen molar-refractivity contribution in [1.29, 1.82) is 0 Å². The van der Waals surface area contributed by atoms with Gasteiger partial charge in [0.15, 0.2) is 5.96 Å². The van der Waals surface area contributed by atoms with Crippen molar-refractivity contribution in [3.05, 3.63) is 42.0 Å². The first-order valence-electron chi connectivity index (χ1n) is 9.19. The van der Waals surface area contributed by atoms with Crippen LogP contribution in [0.25, 0.3) is 0 Å². The number of hydrogen-bond acceptors (Lipinski definition) is 4. The summed E-state index contributed by atoms with van der Waals surface area (Å²) in [6.07, 6.45) is 3.77. The Kier molecular flexibility index (Phi) is 7.92. The maximum Gasteiger partial charge on any atom is 0.191 e. The monoisotopic (exact) mass is 358 g/mol. The molecule has 0 aliphatic rings. The number of aromatic nitrogens is 3. The van der Waals surface area contributed by atoms with Gasteiger partial charge in [0, 0.05) is 33.1 Å². The normalized spacial score (nSPS) is 11.7. The highest BCUT2D eigenvalue weighted by atomic mass is 16.5. The molecule has 0 amide bonds. The van der Waals surface area contributed by atoms with Crippen LogP contribution in [0.15, 0.2) is 35.6 Å². The first-order chi connectivity index (χ1) is 12.6. The Bertz CT molecular complexity index is 678. The molecular weight excluding hydrogens is 328 g/mol. The molecule has 0 aliphatic carbocycles. The lowest BCUT2D eigenvalue weighted by molar-refractivity contribution is 0.242. The minimum atomic E-state index is 0.198. The van der Waals surface area contributed by atoms with Gasteiger partial charge in [0.1, 0.15) is 17.9 Å². The van der Waals surface area contributed by atoms with E-state index < -0.39 is 0 Å². The quantitative estimate of drug-likeness (QED) is 0.530. The van der Waals surface area contributed by atoms with E-state index in [4.69, 9.17) is 4.74 Å². The summed E-state index contributed by atoms with van der Waals surface area (Å²) in [6.45, 7) is 8.54. The van der Waals surface area contributed by atoms with Crippen LogP contribution >= 0.6 is 0 Å². The molecule has 0 saturated heterocycles. The van der Waals surface area contributed by atoms with Crippen LogP contribution < -0.4 is 15.4 Å². The largest absolute Gasteiger partial charge is 0.491 e. The van der Waals surface area contributed by atoms with Gasteiger partial charge >= 0.3 is 0 Å². The van der Waals surface area contributed by atoms with Crippen LogP contribution in [0.1, 0.15) is 32.2 Å². The van der Waals surface area contributed by atoms with Crippen LogP contribution in [0.4, 0.5) is 0 Å². The molecule has 0 saturated carbocycles. The Morgan fingerprint density at radius 1 is 1.19 bits per heavy atom. The first-order valence-corrected chi connectivity index (χ1v) is 9.19. The van der Waals surface area contributed by atoms with Crippen molar-refractivity contribution in [1.82, 2.24) is 25.4 Å². The summed E-state index contributed by atoms with van der Waals surface area (Å²) in [5.41, 5.74) is 1.26. The van der Waals surface area contributed by atoms with E-state index in [9.17, 15) is 0 Å². The minimum Gasteiger partial charge on any atom is -0.491 e. The molecule has 0 bridgehead atoms. The lowest BCUT2D eigenvalue weighted by Gasteiger charge is -2.13. The zero-order chi connectivity index (χ0) is 18.8. The second-order valence-corrected chi connectivity index (χ2v) is 6.28. The maximum absolute atomic E-state index is 5.67. The van der Waals surface area contributed by atoms with Crippen LogP contribution in [0.5, 0.6) is 5.75 Å². The molecule has 7 nitrogen and oxygen atoms in total. The fourth-order valence-electron chi connectivity index (χ4n) is 2.59. The van der Waals surface area contributed by atoms with E-state index in [2.05, 4.69) is 49.4 Å². The Hall–Kier alpha value is -2.57. The summed E-state index contributed by atoms with van der Waals surface area (Å²) in [5.74, 6) is 2.71. The van der Waals surface area contributed by atoms with Gasteiger partial charge < -0.3 is 19.9 Å². The van der Waals surface area contributed by atoms with Gasteiger partial charge in [-0.05, 0) is 38.0 Å². The first kappa shape index (κ1) is 19.8. The van der Waals surface area contributed by atoms with Crippen LogP contribution in [0.3, 0.4) is 0 Å². The highest BCUT2D eigenvalue weighted by Gasteiger charge is 2.03. The van der Waals surface area contributed by atoms with E-state index in [0.29, 0.717) is 0 Å². The highest BCUT2D eigenvalue weighted by Crippen LogP contribution is 2.13. The molecule has 7 heteroatoms. The summed E-state index contributed by atoms with van der Waals surface area (Å²) in [4.78, 5) is 4.26. The molecule has 0 unspecified atom stereocenters. The Morgan fingerprint density at radius 3 is 2.58 bits per heavy atom. The SMILES string of the molecule is CCc1nncn1CCNC(=NC)NCCc1ccc(OC(C)C)cc1. The lowest BCUT2D eigenvalue weighted by atomic mass is 10.1. The second-order valence-electron chi connectivity index (χ2n) is 6.28. The van der Waals surface area contributed by atoms with Gasteiger partial charge in [0.25, 0.3) is 0 Å². The topological polar surface area (TPSA) is 76.4 Å². The minimum absolute atomic E-state index is 0.198. The van der Waals surface area contributed by atoms with E-state index >= 15 is 0 Å². The van der Waals surface area contributed by atoms with Crippen LogP contribution in [-0.2, 0) is 19.4 Å². The smallest absolute Gasteiger partial charge is 0.191 e. The third kappa shape index (κ3) is 6.38. The number of guanidine groups is 1. The fourth-order valence-corrected chi connectivity index (χ4v) is 2.59. The third-order valence-electron chi connectivity index (χ3n) is 3.88. The molecule has 1 aromatic heterocycles. The third-order valence-corrected chi connectivity index (χ3v) is 3.88. The predicted molar refractivity (Wildman–Crippen MR) is 105 cm³/mol. The molecule has 142 valence electrons. The van der Waals surface area contributed by atoms with Gasteiger partial charge in [-0.2, -0.15) is 0 Å². The molecule has 0 radical (unpaired) electrons. The van der Waals surface area contributed by atoms with E-state index in [0.717, 1.165) is 50.0 Å². The van der Waals surface area contributed by atoms with Crippen molar-refractivity contribution in [3.63, 3.8) is 0 Å². The molecule has 0 atom stereocenters. The average molecular weight is 358 g/mol. The summed E-state index contributed by atoms with van der Waals surface area (Å²) >= 11 is 0. The van der Waals surface area contributed by atoms with Gasteiger partial charge in [-0.15, -0.1) is 10.2 Å². The van der Waals surface area contributed by atoms with Gasteiger partial charge in [0.05, 0.1) is 6.10 Å². The summed E-state index contributed by atoms with van der Waals surface area (Å²) in [7, 11) is 1.78. The highest BCUT2D eigenvalue weighted by molar-refractivity contribution is 5.79. The zero-order valence-electron chi connectivity index (χ0n) is 16.2. The standard InChI is InChI=1S/C19H30N6O/c1-5-18-24-23-14-25(18)13-12-22-19(20-4)21-11-10-16-6-8-17(9-7-16)26-15(2)3/h6-9,14-15H,5,10-13H2,1-4H3,(H2,20,21,22). The summed E-state index contributed by atoms with van der Waals surface area (Å²) < 4.78 is 7.72. The van der Waals surface area contributed by atoms with Crippen molar-refractivity contribution >= 4 is 5.96 Å². The zero-order valence-corrected chi connectivity index (χ0v) is 16.2. The number of ether oxygens (including phenoxy) is 1. The van der Waals surface area contributed by atoms with Gasteiger partial charge in [0.2, 0.25) is 0 Å². The van der Waals surface area contributed by atoms with Crippen LogP contribution in [-0.4, -0.2) is 47.0 Å². The summed E-state index contributed by atoms with van der Waals surface area (Å²) in [6, 6.07) is 8.25. The van der Waals surface area contributed by atoms with Crippen molar-refractivity contribution < 1.29 is 4.74 Å². The molecule has 0 spiro atoms. The number of nitrogens with zero attached hydrogens (tertiary/aromatic N) is 4. The van der Waals surface area contributed by atoms with E-state index in [-0.39, 0.29) is 6.10 Å². The lowest BCUT2D eigenvalue weighted by Crippen LogP contribution is -2.39. The molecule has 26 heavy (non-hydrogen) atoms.